The Morgan fingerprint density at radius 2 is 2.10 bits per heavy atom. The topological polar surface area (TPSA) is 3.24 Å². The maximum atomic E-state index is 4.21. The van der Waals surface area contributed by atoms with E-state index in [4.69, 9.17) is 0 Å². The molecule has 58 valence electrons. The van der Waals surface area contributed by atoms with Crippen molar-refractivity contribution in [2.75, 3.05) is 13.1 Å². The van der Waals surface area contributed by atoms with Gasteiger partial charge in [-0.05, 0) is 18.8 Å². The lowest BCUT2D eigenvalue weighted by atomic mass is 9.98. The van der Waals surface area contributed by atoms with Gasteiger partial charge in [0.1, 0.15) is 0 Å². The van der Waals surface area contributed by atoms with E-state index in [2.05, 4.69) is 38.0 Å². The highest BCUT2D eigenvalue weighted by Crippen LogP contribution is 2.25. The molecule has 0 aromatic carbocycles. The molecule has 1 fully saturated rings. The van der Waals surface area contributed by atoms with Crippen molar-refractivity contribution in [2.45, 2.75) is 19.9 Å². The molecular weight excluding hydrogens is 142 g/mol. The van der Waals surface area contributed by atoms with Gasteiger partial charge in [0.05, 0.1) is 0 Å². The molecule has 0 amide bonds. The van der Waals surface area contributed by atoms with Crippen LogP contribution in [0, 0.1) is 5.92 Å². The van der Waals surface area contributed by atoms with Crippen molar-refractivity contribution >= 4 is 12.6 Å². The summed E-state index contributed by atoms with van der Waals surface area (Å²) in [6, 6.07) is 0.684. The van der Waals surface area contributed by atoms with Gasteiger partial charge in [-0.3, -0.25) is 4.90 Å². The third-order valence-electron chi connectivity index (χ3n) is 2.11. The molecule has 1 nitrogen and oxygen atoms in total. The lowest BCUT2D eigenvalue weighted by Crippen LogP contribution is -2.50. The zero-order chi connectivity index (χ0) is 7.72. The Labute approximate surface area is 68.5 Å². The first kappa shape index (κ1) is 8.15. The zero-order valence-electron chi connectivity index (χ0n) is 6.67. The largest absolute Gasteiger partial charge is 0.300 e. The zero-order valence-corrected chi connectivity index (χ0v) is 7.56. The standard InChI is InChI=1S/C8H15NS/c1-6(2)9-4-8(5-9)7(3)10/h6,8,10H,3-5H2,1-2H3. The number of thiol groups is 1. The number of rotatable bonds is 2. The summed E-state index contributed by atoms with van der Waals surface area (Å²) in [5, 5.41) is 0. The van der Waals surface area contributed by atoms with Crippen LogP contribution in [0.1, 0.15) is 13.8 Å². The molecule has 1 rings (SSSR count). The van der Waals surface area contributed by atoms with Crippen LogP contribution in [-0.2, 0) is 0 Å². The predicted octanol–water partition coefficient (Wildman–Crippen LogP) is 1.77. The van der Waals surface area contributed by atoms with Gasteiger partial charge in [-0.2, -0.15) is 0 Å². The summed E-state index contributed by atoms with van der Waals surface area (Å²) in [6.45, 7) is 10.6. The van der Waals surface area contributed by atoms with Crippen molar-refractivity contribution < 1.29 is 0 Å². The van der Waals surface area contributed by atoms with Gasteiger partial charge in [0.25, 0.3) is 0 Å². The fraction of sp³-hybridized carbons (Fsp3) is 0.750. The van der Waals surface area contributed by atoms with Gasteiger partial charge in [0.2, 0.25) is 0 Å². The molecule has 1 heterocycles. The average Bonchev–Trinajstić information content (AvgIpc) is 1.56. The minimum absolute atomic E-state index is 0.644. The highest BCUT2D eigenvalue weighted by atomic mass is 32.1. The summed E-state index contributed by atoms with van der Waals surface area (Å²) in [5.74, 6) is 0.644. The van der Waals surface area contributed by atoms with E-state index in [1.54, 1.807) is 0 Å². The van der Waals surface area contributed by atoms with Gasteiger partial charge >= 0.3 is 0 Å². The molecule has 0 unspecified atom stereocenters. The molecule has 2 heteroatoms. The van der Waals surface area contributed by atoms with Gasteiger partial charge < -0.3 is 0 Å². The Bertz CT molecular complexity index is 136. The normalized spacial score (nSPS) is 21.2. The second-order valence-corrected chi connectivity index (χ2v) is 3.81. The van der Waals surface area contributed by atoms with Crippen LogP contribution in [0.5, 0.6) is 0 Å². The first-order chi connectivity index (χ1) is 4.61. The fourth-order valence-electron chi connectivity index (χ4n) is 1.15. The minimum Gasteiger partial charge on any atom is -0.300 e. The van der Waals surface area contributed by atoms with Crippen molar-refractivity contribution in [3.63, 3.8) is 0 Å². The molecule has 0 N–H and O–H groups in total. The highest BCUT2D eigenvalue weighted by molar-refractivity contribution is 7.84. The van der Waals surface area contributed by atoms with Crippen LogP contribution < -0.4 is 0 Å². The van der Waals surface area contributed by atoms with E-state index < -0.39 is 0 Å². The molecule has 0 aromatic heterocycles. The maximum Gasteiger partial charge on any atom is 0.0145 e. The summed E-state index contributed by atoms with van der Waals surface area (Å²) >= 11 is 4.21. The molecule has 1 aliphatic rings. The van der Waals surface area contributed by atoms with E-state index >= 15 is 0 Å². The first-order valence-electron chi connectivity index (χ1n) is 3.73. The Hall–Kier alpha value is 0.0500. The Balaban J connectivity index is 2.24. The van der Waals surface area contributed by atoms with Gasteiger partial charge in [-0.1, -0.05) is 6.58 Å². The quantitative estimate of drug-likeness (QED) is 0.598. The van der Waals surface area contributed by atoms with Crippen LogP contribution >= 0.6 is 12.6 Å². The van der Waals surface area contributed by atoms with E-state index in [0.29, 0.717) is 12.0 Å². The number of hydrogen-bond donors (Lipinski definition) is 1. The molecule has 1 saturated heterocycles. The van der Waals surface area contributed by atoms with Gasteiger partial charge in [0.15, 0.2) is 0 Å². The average molecular weight is 157 g/mol. The summed E-state index contributed by atoms with van der Waals surface area (Å²) < 4.78 is 0. The van der Waals surface area contributed by atoms with Crippen molar-refractivity contribution in [1.82, 2.24) is 4.90 Å². The van der Waals surface area contributed by atoms with E-state index in [9.17, 15) is 0 Å². The Kier molecular flexibility index (Phi) is 2.42. The van der Waals surface area contributed by atoms with Crippen molar-refractivity contribution in [1.29, 1.82) is 0 Å². The molecule has 0 aromatic rings. The van der Waals surface area contributed by atoms with Crippen LogP contribution in [0.15, 0.2) is 11.5 Å². The lowest BCUT2D eigenvalue weighted by Gasteiger charge is -2.42. The highest BCUT2D eigenvalue weighted by Gasteiger charge is 2.28. The van der Waals surface area contributed by atoms with E-state index in [1.165, 1.54) is 0 Å². The molecular formula is C8H15NS. The molecule has 0 bridgehead atoms. The Morgan fingerprint density at radius 3 is 2.40 bits per heavy atom. The maximum absolute atomic E-state index is 4.21. The molecule has 10 heavy (non-hydrogen) atoms. The van der Waals surface area contributed by atoms with Crippen molar-refractivity contribution in [3.05, 3.63) is 11.5 Å². The summed E-state index contributed by atoms with van der Waals surface area (Å²) in [6.07, 6.45) is 0. The van der Waals surface area contributed by atoms with Gasteiger partial charge in [0, 0.05) is 25.0 Å². The van der Waals surface area contributed by atoms with Crippen LogP contribution in [0.3, 0.4) is 0 Å². The smallest absolute Gasteiger partial charge is 0.0145 e. The third kappa shape index (κ3) is 1.55. The molecule has 0 spiro atoms. The van der Waals surface area contributed by atoms with Crippen molar-refractivity contribution in [2.24, 2.45) is 5.92 Å². The van der Waals surface area contributed by atoms with Crippen LogP contribution in [-0.4, -0.2) is 24.0 Å². The lowest BCUT2D eigenvalue weighted by molar-refractivity contribution is 0.0926. The second-order valence-electron chi connectivity index (χ2n) is 3.24. The number of nitrogens with zero attached hydrogens (tertiary/aromatic N) is 1. The van der Waals surface area contributed by atoms with E-state index in [0.717, 1.165) is 18.0 Å². The van der Waals surface area contributed by atoms with E-state index in [-0.39, 0.29) is 0 Å². The fourth-order valence-corrected chi connectivity index (χ4v) is 1.31. The monoisotopic (exact) mass is 157 g/mol. The molecule has 0 atom stereocenters. The molecule has 0 saturated carbocycles. The van der Waals surface area contributed by atoms with Gasteiger partial charge in [-0.25, -0.2) is 0 Å². The van der Waals surface area contributed by atoms with Gasteiger partial charge in [-0.15, -0.1) is 12.6 Å². The third-order valence-corrected chi connectivity index (χ3v) is 2.48. The summed E-state index contributed by atoms with van der Waals surface area (Å²) in [7, 11) is 0. The summed E-state index contributed by atoms with van der Waals surface area (Å²) in [4.78, 5) is 3.46. The SMILES string of the molecule is C=C(S)C1CN(C(C)C)C1. The second kappa shape index (κ2) is 2.97. The van der Waals surface area contributed by atoms with Crippen LogP contribution in [0.2, 0.25) is 0 Å². The van der Waals surface area contributed by atoms with Crippen molar-refractivity contribution in [3.8, 4) is 0 Å². The van der Waals surface area contributed by atoms with Crippen LogP contribution in [0.25, 0.3) is 0 Å². The first-order valence-corrected chi connectivity index (χ1v) is 4.17. The van der Waals surface area contributed by atoms with E-state index in [1.807, 2.05) is 0 Å². The number of likely N-dealkylation sites (tertiary alicyclic amines) is 1. The molecule has 1 aliphatic heterocycles. The molecule has 0 aliphatic carbocycles. The number of hydrogen-bond acceptors (Lipinski definition) is 2. The predicted molar refractivity (Wildman–Crippen MR) is 48.3 cm³/mol. The minimum atomic E-state index is 0.644. The summed E-state index contributed by atoms with van der Waals surface area (Å²) in [5.41, 5.74) is 0. The Morgan fingerprint density at radius 1 is 1.60 bits per heavy atom. The van der Waals surface area contributed by atoms with Crippen LogP contribution in [0.4, 0.5) is 0 Å². The molecule has 0 radical (unpaired) electrons.